The van der Waals surface area contributed by atoms with E-state index in [1.165, 1.54) is 0 Å². The summed E-state index contributed by atoms with van der Waals surface area (Å²) in [6, 6.07) is 5.54. The first-order valence-corrected chi connectivity index (χ1v) is 7.17. The molecule has 0 saturated carbocycles. The standard InChI is InChI=1S/C15H23N3O2/c1-3-17-15(19)11-6-7-13(12(16)9-11)18-10(2)14-5-4-8-20-14/h6-7,9-10,14,18H,3-5,8,16H2,1-2H3,(H,17,19). The Hall–Kier alpha value is -1.75. The zero-order valence-corrected chi connectivity index (χ0v) is 12.1. The summed E-state index contributed by atoms with van der Waals surface area (Å²) in [7, 11) is 0. The Kier molecular flexibility index (Phi) is 4.84. The minimum Gasteiger partial charge on any atom is -0.397 e. The number of rotatable bonds is 5. The molecular weight excluding hydrogens is 254 g/mol. The summed E-state index contributed by atoms with van der Waals surface area (Å²) in [5.74, 6) is -0.0991. The first-order valence-electron chi connectivity index (χ1n) is 7.17. The van der Waals surface area contributed by atoms with Crippen molar-refractivity contribution < 1.29 is 9.53 Å². The molecule has 0 aliphatic carbocycles. The molecule has 2 rings (SSSR count). The molecule has 1 fully saturated rings. The minimum atomic E-state index is -0.0991. The molecule has 1 aromatic rings. The summed E-state index contributed by atoms with van der Waals surface area (Å²) in [6.07, 6.45) is 2.42. The van der Waals surface area contributed by atoms with Gasteiger partial charge in [0.15, 0.2) is 0 Å². The van der Waals surface area contributed by atoms with Crippen molar-refractivity contribution in [1.82, 2.24) is 5.32 Å². The number of nitrogens with two attached hydrogens (primary N) is 1. The maximum absolute atomic E-state index is 11.7. The first kappa shape index (κ1) is 14.7. The van der Waals surface area contributed by atoms with E-state index in [4.69, 9.17) is 10.5 Å². The Morgan fingerprint density at radius 2 is 2.35 bits per heavy atom. The molecule has 1 saturated heterocycles. The zero-order chi connectivity index (χ0) is 14.5. The monoisotopic (exact) mass is 277 g/mol. The first-order chi connectivity index (χ1) is 9.61. The second-order valence-electron chi connectivity index (χ2n) is 5.15. The SMILES string of the molecule is CCNC(=O)c1ccc(NC(C)C2CCCO2)c(N)c1. The Morgan fingerprint density at radius 1 is 1.55 bits per heavy atom. The van der Waals surface area contributed by atoms with Crippen molar-refractivity contribution in [2.75, 3.05) is 24.2 Å². The average molecular weight is 277 g/mol. The Labute approximate surface area is 119 Å². The molecule has 2 atom stereocenters. The van der Waals surface area contributed by atoms with Gasteiger partial charge in [-0.25, -0.2) is 0 Å². The van der Waals surface area contributed by atoms with E-state index in [-0.39, 0.29) is 18.1 Å². The summed E-state index contributed by atoms with van der Waals surface area (Å²) in [6.45, 7) is 5.42. The van der Waals surface area contributed by atoms with Crippen LogP contribution in [0, 0.1) is 0 Å². The summed E-state index contributed by atoms with van der Waals surface area (Å²) in [4.78, 5) is 11.7. The maximum Gasteiger partial charge on any atom is 0.251 e. The van der Waals surface area contributed by atoms with Gasteiger partial charge in [0, 0.05) is 24.8 Å². The second kappa shape index (κ2) is 6.61. The number of ether oxygens (including phenoxy) is 1. The molecule has 1 heterocycles. The van der Waals surface area contributed by atoms with Gasteiger partial charge in [-0.3, -0.25) is 4.79 Å². The third kappa shape index (κ3) is 3.42. The molecule has 2 unspecified atom stereocenters. The topological polar surface area (TPSA) is 76.4 Å². The highest BCUT2D eigenvalue weighted by Gasteiger charge is 2.22. The Bertz CT molecular complexity index is 470. The Balaban J connectivity index is 2.03. The lowest BCUT2D eigenvalue weighted by atomic mass is 10.1. The van der Waals surface area contributed by atoms with Crippen LogP contribution in [0.4, 0.5) is 11.4 Å². The van der Waals surface area contributed by atoms with E-state index in [1.807, 2.05) is 13.0 Å². The van der Waals surface area contributed by atoms with Crippen LogP contribution in [0.25, 0.3) is 0 Å². The molecule has 5 nitrogen and oxygen atoms in total. The molecule has 0 radical (unpaired) electrons. The largest absolute Gasteiger partial charge is 0.397 e. The molecule has 1 amide bonds. The number of hydrogen-bond acceptors (Lipinski definition) is 4. The number of amides is 1. The van der Waals surface area contributed by atoms with E-state index >= 15 is 0 Å². The molecule has 1 aromatic carbocycles. The van der Waals surface area contributed by atoms with Crippen LogP contribution in [0.1, 0.15) is 37.0 Å². The van der Waals surface area contributed by atoms with Crippen molar-refractivity contribution in [2.24, 2.45) is 0 Å². The highest BCUT2D eigenvalue weighted by atomic mass is 16.5. The number of nitrogen functional groups attached to an aromatic ring is 1. The van der Waals surface area contributed by atoms with Crippen LogP contribution < -0.4 is 16.4 Å². The van der Waals surface area contributed by atoms with Gasteiger partial charge in [-0.15, -0.1) is 0 Å². The van der Waals surface area contributed by atoms with E-state index in [0.717, 1.165) is 25.1 Å². The second-order valence-corrected chi connectivity index (χ2v) is 5.15. The molecule has 1 aliphatic rings. The fourth-order valence-corrected chi connectivity index (χ4v) is 2.43. The third-order valence-corrected chi connectivity index (χ3v) is 3.56. The molecule has 0 bridgehead atoms. The van der Waals surface area contributed by atoms with Crippen molar-refractivity contribution >= 4 is 17.3 Å². The van der Waals surface area contributed by atoms with Crippen LogP contribution in [0.3, 0.4) is 0 Å². The lowest BCUT2D eigenvalue weighted by molar-refractivity contribution is 0.0955. The lowest BCUT2D eigenvalue weighted by Gasteiger charge is -2.22. The van der Waals surface area contributed by atoms with Gasteiger partial charge in [0.25, 0.3) is 5.91 Å². The highest BCUT2D eigenvalue weighted by Crippen LogP contribution is 2.24. The van der Waals surface area contributed by atoms with Gasteiger partial charge in [0.1, 0.15) is 0 Å². The number of nitrogens with one attached hydrogen (secondary N) is 2. The van der Waals surface area contributed by atoms with Gasteiger partial charge in [-0.05, 0) is 44.9 Å². The molecule has 1 aliphatic heterocycles. The number of anilines is 2. The van der Waals surface area contributed by atoms with Crippen molar-refractivity contribution in [2.45, 2.75) is 38.8 Å². The molecule has 5 heteroatoms. The normalized spacial score (nSPS) is 19.6. The predicted octanol–water partition coefficient (Wildman–Crippen LogP) is 2.00. The zero-order valence-electron chi connectivity index (χ0n) is 12.1. The van der Waals surface area contributed by atoms with Crippen LogP contribution >= 0.6 is 0 Å². The quantitative estimate of drug-likeness (QED) is 0.719. The molecule has 0 spiro atoms. The van der Waals surface area contributed by atoms with Crippen LogP contribution in [-0.2, 0) is 4.74 Å². The van der Waals surface area contributed by atoms with E-state index in [9.17, 15) is 4.79 Å². The molecule has 110 valence electrons. The van der Waals surface area contributed by atoms with Gasteiger partial charge in [0.05, 0.1) is 17.5 Å². The maximum atomic E-state index is 11.7. The van der Waals surface area contributed by atoms with Crippen LogP contribution in [-0.4, -0.2) is 31.2 Å². The molecule has 20 heavy (non-hydrogen) atoms. The minimum absolute atomic E-state index is 0.0991. The molecule has 0 aromatic heterocycles. The Morgan fingerprint density at radius 3 is 2.95 bits per heavy atom. The van der Waals surface area contributed by atoms with Crippen molar-refractivity contribution in [1.29, 1.82) is 0 Å². The van der Waals surface area contributed by atoms with Gasteiger partial charge in [-0.1, -0.05) is 0 Å². The molecule has 4 N–H and O–H groups in total. The number of carbonyl (C=O) groups excluding carboxylic acids is 1. The number of benzene rings is 1. The van der Waals surface area contributed by atoms with Gasteiger partial charge >= 0.3 is 0 Å². The van der Waals surface area contributed by atoms with Crippen LogP contribution in [0.15, 0.2) is 18.2 Å². The van der Waals surface area contributed by atoms with Crippen molar-refractivity contribution in [3.63, 3.8) is 0 Å². The average Bonchev–Trinajstić information content (AvgIpc) is 2.95. The van der Waals surface area contributed by atoms with E-state index < -0.39 is 0 Å². The smallest absolute Gasteiger partial charge is 0.251 e. The molecular formula is C15H23N3O2. The van der Waals surface area contributed by atoms with Gasteiger partial charge in [-0.2, -0.15) is 0 Å². The number of carbonyl (C=O) groups is 1. The van der Waals surface area contributed by atoms with Crippen molar-refractivity contribution in [3.05, 3.63) is 23.8 Å². The fourth-order valence-electron chi connectivity index (χ4n) is 2.43. The predicted molar refractivity (Wildman–Crippen MR) is 80.9 cm³/mol. The van der Waals surface area contributed by atoms with Gasteiger partial charge < -0.3 is 21.1 Å². The van der Waals surface area contributed by atoms with Crippen LogP contribution in [0.2, 0.25) is 0 Å². The summed E-state index contributed by atoms with van der Waals surface area (Å²) >= 11 is 0. The van der Waals surface area contributed by atoms with E-state index in [2.05, 4.69) is 17.6 Å². The van der Waals surface area contributed by atoms with Crippen molar-refractivity contribution in [3.8, 4) is 0 Å². The van der Waals surface area contributed by atoms with Crippen LogP contribution in [0.5, 0.6) is 0 Å². The fraction of sp³-hybridized carbons (Fsp3) is 0.533. The van der Waals surface area contributed by atoms with E-state index in [1.54, 1.807) is 12.1 Å². The summed E-state index contributed by atoms with van der Waals surface area (Å²) < 4.78 is 5.65. The summed E-state index contributed by atoms with van der Waals surface area (Å²) in [5.41, 5.74) is 8.03. The van der Waals surface area contributed by atoms with E-state index in [0.29, 0.717) is 17.8 Å². The third-order valence-electron chi connectivity index (χ3n) is 3.56. The lowest BCUT2D eigenvalue weighted by Crippen LogP contribution is -2.30. The van der Waals surface area contributed by atoms with Gasteiger partial charge in [0.2, 0.25) is 0 Å². The summed E-state index contributed by atoms with van der Waals surface area (Å²) in [5, 5.41) is 6.13. The number of hydrogen-bond donors (Lipinski definition) is 3. The highest BCUT2D eigenvalue weighted by molar-refractivity contribution is 5.96.